The highest BCUT2D eigenvalue weighted by molar-refractivity contribution is 6.36. The van der Waals surface area contributed by atoms with Gasteiger partial charge in [0, 0.05) is 21.2 Å². The topological polar surface area (TPSA) is 65.7 Å². The highest BCUT2D eigenvalue weighted by Crippen LogP contribution is 2.33. The standard InChI is InChI=1S/C24H15Cl3O5/c1-30-16-6-2-13(3-7-16)23-24(22(29)18-10-14(25)5-9-21(18)32-23)31-12-20(28)17-8-4-15(26)11-19(17)27/h2-11H,12H2,1H3. The van der Waals surface area contributed by atoms with E-state index in [0.29, 0.717) is 26.9 Å². The molecule has 5 nitrogen and oxygen atoms in total. The van der Waals surface area contributed by atoms with Crippen LogP contribution in [0.25, 0.3) is 22.3 Å². The van der Waals surface area contributed by atoms with Crippen molar-refractivity contribution in [1.82, 2.24) is 0 Å². The summed E-state index contributed by atoms with van der Waals surface area (Å²) >= 11 is 18.1. The van der Waals surface area contributed by atoms with Gasteiger partial charge in [-0.2, -0.15) is 0 Å². The van der Waals surface area contributed by atoms with E-state index >= 15 is 0 Å². The van der Waals surface area contributed by atoms with Gasteiger partial charge in [-0.3, -0.25) is 9.59 Å². The van der Waals surface area contributed by atoms with Crippen molar-refractivity contribution in [3.63, 3.8) is 0 Å². The summed E-state index contributed by atoms with van der Waals surface area (Å²) in [5.41, 5.74) is 0.696. The van der Waals surface area contributed by atoms with Crippen molar-refractivity contribution >= 4 is 51.6 Å². The van der Waals surface area contributed by atoms with E-state index in [-0.39, 0.29) is 27.5 Å². The summed E-state index contributed by atoms with van der Waals surface area (Å²) in [6, 6.07) is 16.1. The van der Waals surface area contributed by atoms with Crippen molar-refractivity contribution in [2.24, 2.45) is 0 Å². The van der Waals surface area contributed by atoms with Gasteiger partial charge in [0.2, 0.25) is 17.0 Å². The summed E-state index contributed by atoms with van der Waals surface area (Å²) in [4.78, 5) is 25.9. The number of benzene rings is 3. The van der Waals surface area contributed by atoms with Gasteiger partial charge in [0.1, 0.15) is 11.3 Å². The van der Waals surface area contributed by atoms with Crippen molar-refractivity contribution in [1.29, 1.82) is 0 Å². The average Bonchev–Trinajstić information content (AvgIpc) is 2.78. The molecule has 0 saturated heterocycles. The molecule has 0 aliphatic heterocycles. The van der Waals surface area contributed by atoms with Crippen LogP contribution in [0.15, 0.2) is 69.9 Å². The number of methoxy groups -OCH3 is 1. The Morgan fingerprint density at radius 2 is 1.62 bits per heavy atom. The number of hydrogen-bond acceptors (Lipinski definition) is 5. The first-order valence-electron chi connectivity index (χ1n) is 9.39. The van der Waals surface area contributed by atoms with Crippen LogP contribution in [-0.4, -0.2) is 19.5 Å². The highest BCUT2D eigenvalue weighted by atomic mass is 35.5. The van der Waals surface area contributed by atoms with E-state index in [4.69, 9.17) is 48.7 Å². The number of Topliss-reactive ketones (excluding diaryl/α,β-unsaturated/α-hetero) is 1. The van der Waals surface area contributed by atoms with Crippen molar-refractivity contribution in [3.8, 4) is 22.8 Å². The molecule has 1 heterocycles. The normalized spacial score (nSPS) is 10.9. The Morgan fingerprint density at radius 3 is 2.31 bits per heavy atom. The van der Waals surface area contributed by atoms with Crippen LogP contribution < -0.4 is 14.9 Å². The van der Waals surface area contributed by atoms with Gasteiger partial charge in [-0.1, -0.05) is 34.8 Å². The lowest BCUT2D eigenvalue weighted by Crippen LogP contribution is -2.17. The second kappa shape index (κ2) is 9.25. The van der Waals surface area contributed by atoms with Gasteiger partial charge in [-0.25, -0.2) is 0 Å². The zero-order chi connectivity index (χ0) is 22.8. The number of carbonyl (C=O) groups excluding carboxylic acids is 1. The molecule has 8 heteroatoms. The lowest BCUT2D eigenvalue weighted by Gasteiger charge is -2.12. The minimum absolute atomic E-state index is 0.108. The molecule has 0 spiro atoms. The number of ether oxygens (including phenoxy) is 2. The Kier molecular flexibility index (Phi) is 6.42. The Labute approximate surface area is 198 Å². The monoisotopic (exact) mass is 488 g/mol. The Morgan fingerprint density at radius 1 is 0.938 bits per heavy atom. The number of rotatable bonds is 6. The first-order valence-corrected chi connectivity index (χ1v) is 10.5. The van der Waals surface area contributed by atoms with Gasteiger partial charge in [-0.05, 0) is 60.7 Å². The Balaban J connectivity index is 1.77. The van der Waals surface area contributed by atoms with Crippen molar-refractivity contribution in [3.05, 3.63) is 91.5 Å². The maximum absolute atomic E-state index is 13.2. The fourth-order valence-corrected chi connectivity index (χ4v) is 3.83. The molecule has 0 radical (unpaired) electrons. The summed E-state index contributed by atoms with van der Waals surface area (Å²) in [6.07, 6.45) is 0. The fourth-order valence-electron chi connectivity index (χ4n) is 3.14. The highest BCUT2D eigenvalue weighted by Gasteiger charge is 2.20. The molecule has 0 saturated carbocycles. The molecule has 0 atom stereocenters. The molecular weight excluding hydrogens is 475 g/mol. The third-order valence-corrected chi connectivity index (χ3v) is 5.52. The Bertz CT molecular complexity index is 1380. The van der Waals surface area contributed by atoms with E-state index in [1.165, 1.54) is 18.2 Å². The van der Waals surface area contributed by atoms with Gasteiger partial charge in [0.05, 0.1) is 17.5 Å². The minimum Gasteiger partial charge on any atom is -0.497 e. The Hall–Kier alpha value is -2.99. The van der Waals surface area contributed by atoms with Crippen molar-refractivity contribution < 1.29 is 18.7 Å². The first-order chi connectivity index (χ1) is 15.4. The van der Waals surface area contributed by atoms with Crippen LogP contribution in [0.4, 0.5) is 0 Å². The quantitative estimate of drug-likeness (QED) is 0.282. The predicted octanol–water partition coefficient (Wildman–Crippen LogP) is 6.69. The molecule has 162 valence electrons. The second-order valence-corrected chi connectivity index (χ2v) is 8.07. The molecule has 0 aliphatic rings. The van der Waals surface area contributed by atoms with Crippen LogP contribution in [0, 0.1) is 0 Å². The van der Waals surface area contributed by atoms with Gasteiger partial charge in [0.25, 0.3) is 0 Å². The summed E-state index contributed by atoms with van der Waals surface area (Å²) < 4.78 is 16.9. The summed E-state index contributed by atoms with van der Waals surface area (Å²) in [5, 5.41) is 1.21. The van der Waals surface area contributed by atoms with E-state index in [1.54, 1.807) is 49.6 Å². The lowest BCUT2D eigenvalue weighted by molar-refractivity contribution is 0.0920. The molecule has 0 fully saturated rings. The summed E-state index contributed by atoms with van der Waals surface area (Å²) in [7, 11) is 1.55. The van der Waals surface area contributed by atoms with Gasteiger partial charge in [0.15, 0.2) is 12.4 Å². The third kappa shape index (κ3) is 4.46. The fraction of sp³-hybridized carbons (Fsp3) is 0.0833. The maximum Gasteiger partial charge on any atom is 0.235 e. The van der Waals surface area contributed by atoms with E-state index in [1.807, 2.05) is 0 Å². The molecule has 1 aromatic heterocycles. The molecule has 0 aliphatic carbocycles. The van der Waals surface area contributed by atoms with E-state index in [0.717, 1.165) is 0 Å². The van der Waals surface area contributed by atoms with Crippen LogP contribution in [0.3, 0.4) is 0 Å². The summed E-state index contributed by atoms with van der Waals surface area (Å²) in [6.45, 7) is -0.429. The maximum atomic E-state index is 13.2. The average molecular weight is 490 g/mol. The third-order valence-electron chi connectivity index (χ3n) is 4.74. The van der Waals surface area contributed by atoms with Gasteiger partial charge < -0.3 is 13.9 Å². The molecule has 0 bridgehead atoms. The zero-order valence-corrected chi connectivity index (χ0v) is 18.9. The van der Waals surface area contributed by atoms with Crippen LogP contribution in [0.5, 0.6) is 11.5 Å². The van der Waals surface area contributed by atoms with Gasteiger partial charge in [-0.15, -0.1) is 0 Å². The van der Waals surface area contributed by atoms with Crippen LogP contribution in [0.1, 0.15) is 10.4 Å². The first kappa shape index (κ1) is 22.2. The van der Waals surface area contributed by atoms with E-state index < -0.39 is 17.8 Å². The van der Waals surface area contributed by atoms with Crippen LogP contribution >= 0.6 is 34.8 Å². The van der Waals surface area contributed by atoms with Crippen LogP contribution in [-0.2, 0) is 0 Å². The summed E-state index contributed by atoms with van der Waals surface area (Å²) in [5.74, 6) is 0.294. The SMILES string of the molecule is COc1ccc(-c2oc3ccc(Cl)cc3c(=O)c2OCC(=O)c2ccc(Cl)cc2Cl)cc1. The van der Waals surface area contributed by atoms with Crippen molar-refractivity contribution in [2.45, 2.75) is 0 Å². The molecule has 0 unspecified atom stereocenters. The lowest BCUT2D eigenvalue weighted by atomic mass is 10.1. The molecule has 4 aromatic rings. The smallest absolute Gasteiger partial charge is 0.235 e. The molecule has 0 N–H and O–H groups in total. The van der Waals surface area contributed by atoms with E-state index in [9.17, 15) is 9.59 Å². The molecule has 4 rings (SSSR count). The van der Waals surface area contributed by atoms with Gasteiger partial charge >= 0.3 is 0 Å². The predicted molar refractivity (Wildman–Crippen MR) is 126 cm³/mol. The number of carbonyl (C=O) groups is 1. The van der Waals surface area contributed by atoms with Crippen molar-refractivity contribution in [2.75, 3.05) is 13.7 Å². The van der Waals surface area contributed by atoms with E-state index in [2.05, 4.69) is 0 Å². The number of hydrogen-bond donors (Lipinski definition) is 0. The number of fused-ring (bicyclic) bond motifs is 1. The largest absolute Gasteiger partial charge is 0.497 e. The zero-order valence-electron chi connectivity index (χ0n) is 16.7. The molecule has 3 aromatic carbocycles. The number of halogens is 3. The number of ketones is 1. The second-order valence-electron chi connectivity index (χ2n) is 6.79. The minimum atomic E-state index is -0.449. The van der Waals surface area contributed by atoms with Crippen LogP contribution in [0.2, 0.25) is 15.1 Å². The molecule has 0 amide bonds. The molecule has 32 heavy (non-hydrogen) atoms. The molecular formula is C24H15Cl3O5.